The Kier molecular flexibility index (Phi) is 7.93. The fraction of sp³-hybridized carbons (Fsp3) is 0.0741. The van der Waals surface area contributed by atoms with Gasteiger partial charge in [0.1, 0.15) is 23.8 Å². The second kappa shape index (κ2) is 11.7. The monoisotopic (exact) mass is 486 g/mol. The lowest BCUT2D eigenvalue weighted by Crippen LogP contribution is -2.17. The zero-order valence-corrected chi connectivity index (χ0v) is 19.7. The zero-order valence-electron chi connectivity index (χ0n) is 18.9. The van der Waals surface area contributed by atoms with Crippen LogP contribution in [0.3, 0.4) is 0 Å². The molecule has 0 aliphatic rings. The van der Waals surface area contributed by atoms with E-state index in [1.165, 1.54) is 6.21 Å². The van der Waals surface area contributed by atoms with Crippen molar-refractivity contribution in [2.75, 3.05) is 7.11 Å². The summed E-state index contributed by atoms with van der Waals surface area (Å²) < 4.78 is 11.1. The highest BCUT2D eigenvalue weighted by atomic mass is 35.5. The predicted molar refractivity (Wildman–Crippen MR) is 138 cm³/mol. The van der Waals surface area contributed by atoms with Gasteiger partial charge in [-0.15, -0.1) is 0 Å². The van der Waals surface area contributed by atoms with Crippen LogP contribution in [-0.4, -0.2) is 29.4 Å². The Bertz CT molecular complexity index is 1350. The lowest BCUT2D eigenvalue weighted by atomic mass is 10.1. The van der Waals surface area contributed by atoms with Crippen LogP contribution >= 0.6 is 11.6 Å². The van der Waals surface area contributed by atoms with Crippen molar-refractivity contribution in [3.63, 3.8) is 0 Å². The molecule has 0 saturated carbocycles. The lowest BCUT2D eigenvalue weighted by molar-refractivity contribution is 0.0950. The number of hydrogen-bond acceptors (Lipinski definition) is 5. The largest absolute Gasteiger partial charge is 0.496 e. The summed E-state index contributed by atoms with van der Waals surface area (Å²) in [6.07, 6.45) is 5.04. The Morgan fingerprint density at radius 2 is 1.86 bits per heavy atom. The number of nitrogens with zero attached hydrogens (tertiary/aromatic N) is 2. The number of carbonyl (C=O) groups excluding carboxylic acids is 1. The Morgan fingerprint density at radius 3 is 2.66 bits per heavy atom. The SMILES string of the molecule is COc1ccccc1/C=C/C=N\NC(=O)c1cc(-c2ccc(OCc3ccccc3Cl)cc2)n[nH]1. The summed E-state index contributed by atoms with van der Waals surface area (Å²) >= 11 is 6.17. The second-order valence-corrected chi connectivity index (χ2v) is 7.80. The molecule has 0 unspecified atom stereocenters. The van der Waals surface area contributed by atoms with Crippen molar-refractivity contribution in [3.8, 4) is 22.8 Å². The molecule has 0 radical (unpaired) electrons. The smallest absolute Gasteiger partial charge is 0.289 e. The molecule has 0 saturated heterocycles. The standard InChI is InChI=1S/C27H23ClN4O3/c1-34-26-11-5-3-7-20(26)9-6-16-29-32-27(33)25-17-24(30-31-25)19-12-14-22(15-13-19)35-18-21-8-2-4-10-23(21)28/h2-17H,18H2,1H3,(H,30,31)(H,32,33)/b9-6+,29-16-. The summed E-state index contributed by atoms with van der Waals surface area (Å²) in [6, 6.07) is 24.3. The molecule has 0 atom stereocenters. The van der Waals surface area contributed by atoms with E-state index in [9.17, 15) is 4.79 Å². The normalized spacial score (nSPS) is 11.1. The van der Waals surface area contributed by atoms with E-state index in [0.29, 0.717) is 28.8 Å². The highest BCUT2D eigenvalue weighted by Gasteiger charge is 2.10. The summed E-state index contributed by atoms with van der Waals surface area (Å²) in [6.45, 7) is 0.375. The highest BCUT2D eigenvalue weighted by Crippen LogP contribution is 2.23. The van der Waals surface area contributed by atoms with Crippen LogP contribution in [0.5, 0.6) is 11.5 Å². The van der Waals surface area contributed by atoms with Gasteiger partial charge in [-0.05, 0) is 54.6 Å². The van der Waals surface area contributed by atoms with Crippen LogP contribution in [0, 0.1) is 0 Å². The van der Waals surface area contributed by atoms with Crippen molar-refractivity contribution in [2.45, 2.75) is 6.61 Å². The van der Waals surface area contributed by atoms with E-state index in [2.05, 4.69) is 20.7 Å². The third-order valence-corrected chi connectivity index (χ3v) is 5.43. The van der Waals surface area contributed by atoms with E-state index in [1.807, 2.05) is 78.9 Å². The van der Waals surface area contributed by atoms with E-state index >= 15 is 0 Å². The molecule has 2 N–H and O–H groups in total. The maximum Gasteiger partial charge on any atom is 0.289 e. The average Bonchev–Trinajstić information content (AvgIpc) is 3.39. The Morgan fingerprint density at radius 1 is 1.09 bits per heavy atom. The number of hydrazone groups is 1. The minimum Gasteiger partial charge on any atom is -0.496 e. The van der Waals surface area contributed by atoms with E-state index in [0.717, 1.165) is 22.4 Å². The summed E-state index contributed by atoms with van der Waals surface area (Å²) in [5.41, 5.74) is 6.06. The van der Waals surface area contributed by atoms with Gasteiger partial charge < -0.3 is 9.47 Å². The number of aromatic nitrogens is 2. The molecule has 0 aliphatic carbocycles. The van der Waals surface area contributed by atoms with E-state index in [1.54, 1.807) is 19.3 Å². The number of amides is 1. The quantitative estimate of drug-likeness (QED) is 0.233. The maximum absolute atomic E-state index is 12.4. The van der Waals surface area contributed by atoms with Crippen LogP contribution in [0.1, 0.15) is 21.6 Å². The number of benzene rings is 3. The van der Waals surface area contributed by atoms with Crippen molar-refractivity contribution in [2.24, 2.45) is 5.10 Å². The number of rotatable bonds is 9. The van der Waals surface area contributed by atoms with Gasteiger partial charge in [0.15, 0.2) is 0 Å². The predicted octanol–water partition coefficient (Wildman–Crippen LogP) is 5.75. The zero-order chi connectivity index (χ0) is 24.5. The molecule has 0 bridgehead atoms. The van der Waals surface area contributed by atoms with Crippen molar-refractivity contribution in [3.05, 3.63) is 107 Å². The number of methoxy groups -OCH3 is 1. The fourth-order valence-electron chi connectivity index (χ4n) is 3.23. The van der Waals surface area contributed by atoms with Crippen LogP contribution in [0.15, 0.2) is 90.0 Å². The molecule has 35 heavy (non-hydrogen) atoms. The molecule has 0 aliphatic heterocycles. The van der Waals surface area contributed by atoms with Gasteiger partial charge in [0, 0.05) is 27.9 Å². The van der Waals surface area contributed by atoms with Crippen LogP contribution in [0.4, 0.5) is 0 Å². The van der Waals surface area contributed by atoms with Crippen molar-refractivity contribution in [1.29, 1.82) is 0 Å². The van der Waals surface area contributed by atoms with Gasteiger partial charge in [-0.25, -0.2) is 5.43 Å². The molecular weight excluding hydrogens is 464 g/mol. The number of hydrogen-bond donors (Lipinski definition) is 2. The Balaban J connectivity index is 1.31. The molecule has 1 amide bonds. The van der Waals surface area contributed by atoms with Crippen molar-refractivity contribution in [1.82, 2.24) is 15.6 Å². The molecule has 0 spiro atoms. The summed E-state index contributed by atoms with van der Waals surface area (Å²) in [4.78, 5) is 12.4. The molecule has 4 aromatic rings. The number of para-hydroxylation sites is 1. The van der Waals surface area contributed by atoms with Gasteiger partial charge in [-0.2, -0.15) is 10.2 Å². The molecule has 1 aromatic heterocycles. The number of ether oxygens (including phenoxy) is 2. The van der Waals surface area contributed by atoms with Crippen LogP contribution in [-0.2, 0) is 6.61 Å². The van der Waals surface area contributed by atoms with Gasteiger partial charge in [0.2, 0.25) is 0 Å². The van der Waals surface area contributed by atoms with Gasteiger partial charge in [-0.3, -0.25) is 9.89 Å². The average molecular weight is 487 g/mol. The second-order valence-electron chi connectivity index (χ2n) is 7.39. The first-order valence-electron chi connectivity index (χ1n) is 10.8. The minimum atomic E-state index is -0.398. The van der Waals surface area contributed by atoms with Crippen molar-refractivity contribution >= 4 is 29.8 Å². The van der Waals surface area contributed by atoms with Crippen LogP contribution in [0.25, 0.3) is 17.3 Å². The van der Waals surface area contributed by atoms with Gasteiger partial charge in [0.05, 0.1) is 12.8 Å². The van der Waals surface area contributed by atoms with E-state index in [-0.39, 0.29) is 0 Å². The van der Waals surface area contributed by atoms with Crippen LogP contribution in [0.2, 0.25) is 5.02 Å². The number of allylic oxidation sites excluding steroid dienone is 1. The number of H-pyrrole nitrogens is 1. The molecule has 1 heterocycles. The first-order chi connectivity index (χ1) is 17.1. The summed E-state index contributed by atoms with van der Waals surface area (Å²) in [7, 11) is 1.62. The summed E-state index contributed by atoms with van der Waals surface area (Å²) in [5.74, 6) is 1.06. The molecule has 7 nitrogen and oxygen atoms in total. The number of halogens is 1. The Labute approximate surface area is 208 Å². The molecule has 3 aromatic carbocycles. The number of nitrogens with one attached hydrogen (secondary N) is 2. The molecule has 4 rings (SSSR count). The molecule has 176 valence electrons. The van der Waals surface area contributed by atoms with E-state index < -0.39 is 5.91 Å². The topological polar surface area (TPSA) is 88.6 Å². The molecule has 8 heteroatoms. The first-order valence-corrected chi connectivity index (χ1v) is 11.2. The highest BCUT2D eigenvalue weighted by molar-refractivity contribution is 6.31. The number of carbonyl (C=O) groups is 1. The van der Waals surface area contributed by atoms with E-state index in [4.69, 9.17) is 21.1 Å². The minimum absolute atomic E-state index is 0.296. The van der Waals surface area contributed by atoms with Gasteiger partial charge >= 0.3 is 0 Å². The van der Waals surface area contributed by atoms with Crippen molar-refractivity contribution < 1.29 is 14.3 Å². The Hall–Kier alpha value is -4.36. The van der Waals surface area contributed by atoms with Gasteiger partial charge in [-0.1, -0.05) is 48.0 Å². The molecular formula is C27H23ClN4O3. The van der Waals surface area contributed by atoms with Crippen LogP contribution < -0.4 is 14.9 Å². The number of aromatic amines is 1. The lowest BCUT2D eigenvalue weighted by Gasteiger charge is -2.08. The third kappa shape index (κ3) is 6.37. The first kappa shape index (κ1) is 23.8. The molecule has 0 fully saturated rings. The fourth-order valence-corrected chi connectivity index (χ4v) is 3.42. The maximum atomic E-state index is 12.4. The summed E-state index contributed by atoms with van der Waals surface area (Å²) in [5, 5.41) is 11.6. The third-order valence-electron chi connectivity index (χ3n) is 5.07. The van der Waals surface area contributed by atoms with Gasteiger partial charge in [0.25, 0.3) is 5.91 Å².